The Kier molecular flexibility index (Phi) is 4.29. The standard InChI is InChI=1S/C11H18N2O2S/c1-4-11(5-2,6-3)13-9-8(10(14)15)12-7-16-9/h7,13H,4-6H2,1-3H3,(H,14,15). The molecule has 0 aliphatic carbocycles. The molecule has 0 saturated carbocycles. The number of aromatic carboxylic acids is 1. The van der Waals surface area contributed by atoms with Gasteiger partial charge in [0.1, 0.15) is 5.00 Å². The highest BCUT2D eigenvalue weighted by molar-refractivity contribution is 7.14. The Morgan fingerprint density at radius 3 is 2.44 bits per heavy atom. The summed E-state index contributed by atoms with van der Waals surface area (Å²) in [6.45, 7) is 6.34. The van der Waals surface area contributed by atoms with Gasteiger partial charge in [-0.25, -0.2) is 9.78 Å². The van der Waals surface area contributed by atoms with Crippen molar-refractivity contribution in [2.24, 2.45) is 0 Å². The second-order valence-electron chi connectivity index (χ2n) is 3.80. The lowest BCUT2D eigenvalue weighted by molar-refractivity contribution is 0.0692. The maximum absolute atomic E-state index is 10.9. The number of anilines is 1. The van der Waals surface area contributed by atoms with E-state index in [0.29, 0.717) is 5.00 Å². The molecule has 4 nitrogen and oxygen atoms in total. The summed E-state index contributed by atoms with van der Waals surface area (Å²) >= 11 is 1.35. The minimum absolute atomic E-state index is 0.0171. The number of thiazole rings is 1. The first-order valence-corrected chi connectivity index (χ1v) is 6.41. The fourth-order valence-corrected chi connectivity index (χ4v) is 2.53. The van der Waals surface area contributed by atoms with E-state index in [0.717, 1.165) is 19.3 Å². The molecule has 0 amide bonds. The Morgan fingerprint density at radius 2 is 2.00 bits per heavy atom. The number of carboxylic acid groups (broad SMARTS) is 1. The van der Waals surface area contributed by atoms with Crippen LogP contribution in [0.3, 0.4) is 0 Å². The van der Waals surface area contributed by atoms with Gasteiger partial charge < -0.3 is 10.4 Å². The van der Waals surface area contributed by atoms with Crippen molar-refractivity contribution in [2.75, 3.05) is 5.32 Å². The Labute approximate surface area is 99.7 Å². The summed E-state index contributed by atoms with van der Waals surface area (Å²) < 4.78 is 0. The van der Waals surface area contributed by atoms with Crippen LogP contribution in [0.2, 0.25) is 0 Å². The van der Waals surface area contributed by atoms with Crippen LogP contribution in [-0.2, 0) is 0 Å². The molecule has 0 fully saturated rings. The number of carbonyl (C=O) groups is 1. The molecule has 16 heavy (non-hydrogen) atoms. The smallest absolute Gasteiger partial charge is 0.357 e. The molecule has 0 bridgehead atoms. The summed E-state index contributed by atoms with van der Waals surface area (Å²) in [5.74, 6) is -0.971. The minimum Gasteiger partial charge on any atom is -0.476 e. The quantitative estimate of drug-likeness (QED) is 0.804. The molecule has 0 aliphatic heterocycles. The average Bonchev–Trinajstić information content (AvgIpc) is 2.74. The molecule has 0 aromatic carbocycles. The molecule has 0 aliphatic rings. The summed E-state index contributed by atoms with van der Waals surface area (Å²) in [6.07, 6.45) is 2.91. The van der Waals surface area contributed by atoms with Crippen molar-refractivity contribution >= 4 is 22.3 Å². The molecular weight excluding hydrogens is 224 g/mol. The molecule has 0 radical (unpaired) electrons. The van der Waals surface area contributed by atoms with Crippen LogP contribution in [0.25, 0.3) is 0 Å². The predicted octanol–water partition coefficient (Wildman–Crippen LogP) is 3.22. The summed E-state index contributed by atoms with van der Waals surface area (Å²) in [5.41, 5.74) is 1.68. The van der Waals surface area contributed by atoms with Crippen LogP contribution < -0.4 is 5.32 Å². The Balaban J connectivity index is 2.93. The Morgan fingerprint density at radius 1 is 1.44 bits per heavy atom. The highest BCUT2D eigenvalue weighted by Gasteiger charge is 2.26. The largest absolute Gasteiger partial charge is 0.476 e. The van der Waals surface area contributed by atoms with Crippen molar-refractivity contribution in [3.63, 3.8) is 0 Å². The average molecular weight is 242 g/mol. The van der Waals surface area contributed by atoms with Gasteiger partial charge in [-0.3, -0.25) is 0 Å². The van der Waals surface area contributed by atoms with Crippen LogP contribution in [-0.4, -0.2) is 21.6 Å². The number of nitrogens with one attached hydrogen (secondary N) is 1. The molecule has 1 aromatic heterocycles. The molecule has 0 spiro atoms. The van der Waals surface area contributed by atoms with E-state index in [1.165, 1.54) is 11.3 Å². The molecule has 1 rings (SSSR count). The maximum atomic E-state index is 10.9. The zero-order valence-corrected chi connectivity index (χ0v) is 10.7. The first kappa shape index (κ1) is 13.0. The third kappa shape index (κ3) is 2.52. The van der Waals surface area contributed by atoms with E-state index in [4.69, 9.17) is 5.11 Å². The van der Waals surface area contributed by atoms with E-state index in [9.17, 15) is 4.79 Å². The molecule has 0 atom stereocenters. The number of hydrogen-bond donors (Lipinski definition) is 2. The zero-order valence-electron chi connectivity index (χ0n) is 9.91. The second kappa shape index (κ2) is 5.30. The van der Waals surface area contributed by atoms with Crippen molar-refractivity contribution < 1.29 is 9.90 Å². The highest BCUT2D eigenvalue weighted by Crippen LogP contribution is 2.30. The molecule has 90 valence electrons. The lowest BCUT2D eigenvalue weighted by Crippen LogP contribution is -2.36. The molecular formula is C11H18N2O2S. The van der Waals surface area contributed by atoms with Gasteiger partial charge in [-0.1, -0.05) is 20.8 Å². The van der Waals surface area contributed by atoms with Gasteiger partial charge >= 0.3 is 5.97 Å². The van der Waals surface area contributed by atoms with Crippen LogP contribution >= 0.6 is 11.3 Å². The van der Waals surface area contributed by atoms with E-state index < -0.39 is 5.97 Å². The highest BCUT2D eigenvalue weighted by atomic mass is 32.1. The topological polar surface area (TPSA) is 62.2 Å². The van der Waals surface area contributed by atoms with Crippen molar-refractivity contribution in [1.29, 1.82) is 0 Å². The van der Waals surface area contributed by atoms with Gasteiger partial charge in [0, 0.05) is 5.54 Å². The summed E-state index contributed by atoms with van der Waals surface area (Å²) in [6, 6.07) is 0. The first-order chi connectivity index (χ1) is 7.58. The van der Waals surface area contributed by atoms with Crippen LogP contribution in [0.4, 0.5) is 5.00 Å². The summed E-state index contributed by atoms with van der Waals surface area (Å²) in [4.78, 5) is 14.8. The van der Waals surface area contributed by atoms with E-state index in [1.807, 2.05) is 0 Å². The molecule has 5 heteroatoms. The number of carboxylic acids is 1. The van der Waals surface area contributed by atoms with Crippen LogP contribution in [0, 0.1) is 0 Å². The number of rotatable bonds is 6. The third-order valence-corrected chi connectivity index (χ3v) is 3.92. The molecule has 0 saturated heterocycles. The van der Waals surface area contributed by atoms with Crippen LogP contribution in [0.15, 0.2) is 5.51 Å². The number of hydrogen-bond acceptors (Lipinski definition) is 4. The van der Waals surface area contributed by atoms with Gasteiger partial charge in [0.25, 0.3) is 0 Å². The van der Waals surface area contributed by atoms with Crippen molar-refractivity contribution in [3.8, 4) is 0 Å². The fourth-order valence-electron chi connectivity index (χ4n) is 1.74. The van der Waals surface area contributed by atoms with E-state index in [1.54, 1.807) is 5.51 Å². The zero-order chi connectivity index (χ0) is 12.2. The molecule has 2 N–H and O–H groups in total. The Hall–Kier alpha value is -1.10. The molecule has 0 unspecified atom stereocenters. The molecule has 1 heterocycles. The normalized spacial score (nSPS) is 11.4. The van der Waals surface area contributed by atoms with Crippen molar-refractivity contribution in [3.05, 3.63) is 11.2 Å². The van der Waals surface area contributed by atoms with E-state index in [2.05, 4.69) is 31.1 Å². The number of nitrogens with zero attached hydrogens (tertiary/aromatic N) is 1. The Bertz CT molecular complexity index is 350. The van der Waals surface area contributed by atoms with E-state index in [-0.39, 0.29) is 11.2 Å². The number of aromatic nitrogens is 1. The van der Waals surface area contributed by atoms with Gasteiger partial charge in [-0.15, -0.1) is 11.3 Å². The second-order valence-corrected chi connectivity index (χ2v) is 4.66. The fraction of sp³-hybridized carbons (Fsp3) is 0.636. The van der Waals surface area contributed by atoms with Crippen molar-refractivity contribution in [1.82, 2.24) is 4.98 Å². The predicted molar refractivity (Wildman–Crippen MR) is 66.3 cm³/mol. The van der Waals surface area contributed by atoms with E-state index >= 15 is 0 Å². The SMILES string of the molecule is CCC(CC)(CC)Nc1scnc1C(=O)O. The summed E-state index contributed by atoms with van der Waals surface area (Å²) in [7, 11) is 0. The van der Waals surface area contributed by atoms with Gasteiger partial charge in [-0.05, 0) is 19.3 Å². The van der Waals surface area contributed by atoms with Gasteiger partial charge in [0.05, 0.1) is 5.51 Å². The van der Waals surface area contributed by atoms with Gasteiger partial charge in [0.15, 0.2) is 5.69 Å². The third-order valence-electron chi connectivity index (χ3n) is 3.18. The first-order valence-electron chi connectivity index (χ1n) is 5.53. The minimum atomic E-state index is -0.971. The maximum Gasteiger partial charge on any atom is 0.357 e. The van der Waals surface area contributed by atoms with Gasteiger partial charge in [0.2, 0.25) is 0 Å². The molecule has 1 aromatic rings. The van der Waals surface area contributed by atoms with Crippen LogP contribution in [0.5, 0.6) is 0 Å². The van der Waals surface area contributed by atoms with Crippen molar-refractivity contribution in [2.45, 2.75) is 45.6 Å². The van der Waals surface area contributed by atoms with Gasteiger partial charge in [-0.2, -0.15) is 0 Å². The van der Waals surface area contributed by atoms with Crippen LogP contribution in [0.1, 0.15) is 50.5 Å². The lowest BCUT2D eigenvalue weighted by Gasteiger charge is -2.32. The monoisotopic (exact) mass is 242 g/mol. The summed E-state index contributed by atoms with van der Waals surface area (Å²) in [5, 5.41) is 13.0. The lowest BCUT2D eigenvalue weighted by atomic mass is 9.90.